The first kappa shape index (κ1) is 16.7. The number of unbranched alkanes of at least 4 members (excludes halogenated alkanes) is 1. The molecule has 0 aliphatic carbocycles. The highest BCUT2D eigenvalue weighted by molar-refractivity contribution is 14.1. The number of carboxylic acids is 1. The van der Waals surface area contributed by atoms with Crippen LogP contribution in [0.4, 0.5) is 14.9 Å². The monoisotopic (exact) mass is 394 g/mol. The third-order valence-electron chi connectivity index (χ3n) is 2.63. The molecule has 0 saturated carbocycles. The van der Waals surface area contributed by atoms with Crippen molar-refractivity contribution < 1.29 is 19.1 Å². The Morgan fingerprint density at radius 1 is 1.45 bits per heavy atom. The molecule has 1 aromatic rings. The van der Waals surface area contributed by atoms with Gasteiger partial charge in [0.05, 0.1) is 5.69 Å². The minimum atomic E-state index is -1.07. The first-order valence-electron chi connectivity index (χ1n) is 6.19. The van der Waals surface area contributed by atoms with Gasteiger partial charge in [-0.2, -0.15) is 0 Å². The lowest BCUT2D eigenvalue weighted by molar-refractivity contribution is -0.139. The Morgan fingerprint density at radius 2 is 2.15 bits per heavy atom. The summed E-state index contributed by atoms with van der Waals surface area (Å²) < 4.78 is 13.5. The Balaban J connectivity index is 2.63. The molecule has 1 atom stereocenters. The van der Waals surface area contributed by atoms with Crippen LogP contribution in [0.25, 0.3) is 0 Å². The van der Waals surface area contributed by atoms with Crippen molar-refractivity contribution in [3.05, 3.63) is 27.6 Å². The molecule has 1 aromatic carbocycles. The van der Waals surface area contributed by atoms with Crippen LogP contribution in [0.2, 0.25) is 0 Å². The Hall–Kier alpha value is -1.38. The molecule has 110 valence electrons. The zero-order chi connectivity index (χ0) is 15.1. The fourth-order valence-corrected chi connectivity index (χ4v) is 2.19. The molecule has 0 aliphatic heterocycles. The van der Waals surface area contributed by atoms with Crippen molar-refractivity contribution in [3.8, 4) is 0 Å². The zero-order valence-corrected chi connectivity index (χ0v) is 13.1. The molecule has 3 N–H and O–H groups in total. The number of carboxylic acid groups (broad SMARTS) is 1. The second kappa shape index (κ2) is 8.03. The van der Waals surface area contributed by atoms with Crippen LogP contribution in [0.5, 0.6) is 0 Å². The number of nitrogens with one attached hydrogen (secondary N) is 2. The van der Waals surface area contributed by atoms with E-state index in [9.17, 15) is 14.0 Å². The number of hydrogen-bond donors (Lipinski definition) is 3. The van der Waals surface area contributed by atoms with Gasteiger partial charge in [0.2, 0.25) is 0 Å². The number of halogens is 2. The van der Waals surface area contributed by atoms with Crippen molar-refractivity contribution in [3.63, 3.8) is 0 Å². The van der Waals surface area contributed by atoms with Crippen LogP contribution in [0.1, 0.15) is 26.2 Å². The van der Waals surface area contributed by atoms with Gasteiger partial charge in [-0.15, -0.1) is 0 Å². The molecule has 0 fully saturated rings. The van der Waals surface area contributed by atoms with Crippen LogP contribution in [0, 0.1) is 9.39 Å². The first-order chi connectivity index (χ1) is 9.43. The van der Waals surface area contributed by atoms with Crippen molar-refractivity contribution >= 4 is 40.3 Å². The Bertz CT molecular complexity index is 497. The van der Waals surface area contributed by atoms with Crippen LogP contribution in [-0.2, 0) is 4.79 Å². The van der Waals surface area contributed by atoms with Gasteiger partial charge >= 0.3 is 12.0 Å². The van der Waals surface area contributed by atoms with Gasteiger partial charge in [-0.1, -0.05) is 19.8 Å². The Morgan fingerprint density at radius 3 is 2.70 bits per heavy atom. The first-order valence-corrected chi connectivity index (χ1v) is 7.27. The van der Waals surface area contributed by atoms with Gasteiger partial charge < -0.3 is 15.7 Å². The van der Waals surface area contributed by atoms with E-state index >= 15 is 0 Å². The number of carbonyl (C=O) groups excluding carboxylic acids is 1. The molecule has 0 aliphatic rings. The summed E-state index contributed by atoms with van der Waals surface area (Å²) in [5.41, 5.74) is 0.434. The lowest BCUT2D eigenvalue weighted by atomic mass is 10.1. The lowest BCUT2D eigenvalue weighted by Crippen LogP contribution is -2.43. The van der Waals surface area contributed by atoms with Crippen LogP contribution >= 0.6 is 22.6 Å². The largest absolute Gasteiger partial charge is 0.480 e. The number of urea groups is 1. The third kappa shape index (κ3) is 5.32. The van der Waals surface area contributed by atoms with Crippen LogP contribution in [0.15, 0.2) is 18.2 Å². The predicted molar refractivity (Wildman–Crippen MR) is 82.2 cm³/mol. The summed E-state index contributed by atoms with van der Waals surface area (Å²) in [7, 11) is 0. The lowest BCUT2D eigenvalue weighted by Gasteiger charge is -2.15. The number of hydrogen-bond acceptors (Lipinski definition) is 2. The molecule has 0 saturated heterocycles. The molecular weight excluding hydrogens is 378 g/mol. The molecule has 2 amide bonds. The normalized spacial score (nSPS) is 11.8. The maximum absolute atomic E-state index is 12.9. The van der Waals surface area contributed by atoms with Gasteiger partial charge in [0, 0.05) is 3.57 Å². The van der Waals surface area contributed by atoms with E-state index in [0.717, 1.165) is 6.42 Å². The molecule has 0 bridgehead atoms. The van der Waals surface area contributed by atoms with Gasteiger partial charge in [-0.25, -0.2) is 14.0 Å². The molecule has 5 nitrogen and oxygen atoms in total. The highest BCUT2D eigenvalue weighted by atomic mass is 127. The average molecular weight is 394 g/mol. The summed E-state index contributed by atoms with van der Waals surface area (Å²) in [5.74, 6) is -1.46. The summed E-state index contributed by atoms with van der Waals surface area (Å²) in [4.78, 5) is 22.8. The molecule has 0 radical (unpaired) electrons. The van der Waals surface area contributed by atoms with E-state index in [4.69, 9.17) is 5.11 Å². The second-order valence-corrected chi connectivity index (χ2v) is 5.42. The number of benzene rings is 1. The minimum Gasteiger partial charge on any atom is -0.480 e. The summed E-state index contributed by atoms with van der Waals surface area (Å²) >= 11 is 1.89. The van der Waals surface area contributed by atoms with Crippen LogP contribution in [-0.4, -0.2) is 23.1 Å². The molecular formula is C13H16FIN2O3. The molecule has 0 heterocycles. The topological polar surface area (TPSA) is 78.4 Å². The minimum absolute atomic E-state index is 0.375. The van der Waals surface area contributed by atoms with E-state index in [1.165, 1.54) is 18.2 Å². The fraction of sp³-hybridized carbons (Fsp3) is 0.385. The van der Waals surface area contributed by atoms with Crippen LogP contribution in [0.3, 0.4) is 0 Å². The van der Waals surface area contributed by atoms with Crippen molar-refractivity contribution in [1.29, 1.82) is 0 Å². The van der Waals surface area contributed by atoms with Crippen molar-refractivity contribution in [2.45, 2.75) is 32.2 Å². The van der Waals surface area contributed by atoms with Crippen LogP contribution < -0.4 is 10.6 Å². The SMILES string of the molecule is CCCC[C@H](NC(=O)Nc1ccc(F)cc1I)C(=O)O. The third-order valence-corrected chi connectivity index (χ3v) is 3.52. The van der Waals surface area contributed by atoms with Gasteiger partial charge in [0.25, 0.3) is 0 Å². The number of amides is 2. The fourth-order valence-electron chi connectivity index (χ4n) is 1.57. The summed E-state index contributed by atoms with van der Waals surface area (Å²) in [6.07, 6.45) is 1.94. The number of rotatable bonds is 6. The van der Waals surface area contributed by atoms with Gasteiger partial charge in [-0.05, 0) is 47.2 Å². The van der Waals surface area contributed by atoms with E-state index in [-0.39, 0.29) is 0 Å². The number of aliphatic carboxylic acids is 1. The molecule has 0 spiro atoms. The quantitative estimate of drug-likeness (QED) is 0.649. The summed E-state index contributed by atoms with van der Waals surface area (Å²) in [5, 5.41) is 13.9. The average Bonchev–Trinajstić information content (AvgIpc) is 2.37. The van der Waals surface area contributed by atoms with Crippen molar-refractivity contribution in [2.75, 3.05) is 5.32 Å². The smallest absolute Gasteiger partial charge is 0.326 e. The van der Waals surface area contributed by atoms with Gasteiger partial charge in [0.1, 0.15) is 11.9 Å². The number of anilines is 1. The van der Waals surface area contributed by atoms with Crippen molar-refractivity contribution in [2.24, 2.45) is 0 Å². The van der Waals surface area contributed by atoms with Gasteiger partial charge in [-0.3, -0.25) is 0 Å². The predicted octanol–water partition coefficient (Wildman–Crippen LogP) is 3.20. The Kier molecular flexibility index (Phi) is 6.69. The van der Waals surface area contributed by atoms with Gasteiger partial charge in [0.15, 0.2) is 0 Å². The maximum Gasteiger partial charge on any atom is 0.326 e. The number of carbonyl (C=O) groups is 2. The summed E-state index contributed by atoms with van der Waals surface area (Å²) in [6.45, 7) is 1.94. The van der Waals surface area contributed by atoms with E-state index in [2.05, 4.69) is 10.6 Å². The molecule has 20 heavy (non-hydrogen) atoms. The van der Waals surface area contributed by atoms with Crippen molar-refractivity contribution in [1.82, 2.24) is 5.32 Å². The molecule has 0 unspecified atom stereocenters. The maximum atomic E-state index is 12.9. The van der Waals surface area contributed by atoms with E-state index in [0.29, 0.717) is 22.1 Å². The highest BCUT2D eigenvalue weighted by Crippen LogP contribution is 2.18. The molecule has 7 heteroatoms. The zero-order valence-electron chi connectivity index (χ0n) is 11.0. The highest BCUT2D eigenvalue weighted by Gasteiger charge is 2.19. The second-order valence-electron chi connectivity index (χ2n) is 4.26. The standard InChI is InChI=1S/C13H16FIN2O3/c1-2-3-4-11(12(18)19)17-13(20)16-10-6-5-8(14)7-9(10)15/h5-7,11H,2-4H2,1H3,(H,18,19)(H2,16,17,20)/t11-/m0/s1. The molecule has 0 aromatic heterocycles. The molecule has 1 rings (SSSR count). The Labute approximate surface area is 130 Å². The van der Waals surface area contributed by atoms with E-state index in [1.807, 2.05) is 29.5 Å². The van der Waals surface area contributed by atoms with E-state index < -0.39 is 23.9 Å². The summed E-state index contributed by atoms with van der Waals surface area (Å²) in [6, 6.07) is 2.40. The van der Waals surface area contributed by atoms with E-state index in [1.54, 1.807) is 0 Å².